The summed E-state index contributed by atoms with van der Waals surface area (Å²) in [6.45, 7) is 1.52. The Morgan fingerprint density at radius 3 is 2.60 bits per heavy atom. The molecule has 0 radical (unpaired) electrons. The van der Waals surface area contributed by atoms with Gasteiger partial charge in [0, 0.05) is 11.9 Å². The fraction of sp³-hybridized carbons (Fsp3) is 0.0833. The number of hydrogen-bond acceptors (Lipinski definition) is 3. The van der Waals surface area contributed by atoms with Crippen LogP contribution in [0.5, 0.6) is 0 Å². The first kappa shape index (κ1) is 14.5. The van der Waals surface area contributed by atoms with Gasteiger partial charge in [-0.1, -0.05) is 11.6 Å². The molecule has 0 aliphatic heterocycles. The minimum atomic E-state index is -3.91. The van der Waals surface area contributed by atoms with Crippen LogP contribution in [0, 0.1) is 12.7 Å². The van der Waals surface area contributed by atoms with Gasteiger partial charge in [0.2, 0.25) is 0 Å². The molecule has 0 saturated carbocycles. The summed E-state index contributed by atoms with van der Waals surface area (Å²) in [5.74, 6) is -0.431. The molecule has 0 aliphatic rings. The van der Waals surface area contributed by atoms with Crippen LogP contribution >= 0.6 is 11.6 Å². The lowest BCUT2D eigenvalue weighted by Crippen LogP contribution is -2.16. The van der Waals surface area contributed by atoms with Crippen LogP contribution in [-0.2, 0) is 10.0 Å². The van der Waals surface area contributed by atoms with Crippen LogP contribution in [0.15, 0.2) is 40.2 Å². The van der Waals surface area contributed by atoms with Crippen LogP contribution in [0.25, 0.3) is 0 Å². The standard InChI is InChI=1S/C12H10ClFN2O3S/c1-7-4-8(2-3-11(7)14)16-20(18,19)9-5-10(13)12(17)15-6-9/h2-6,16H,1H3,(H,15,17). The molecule has 8 heteroatoms. The lowest BCUT2D eigenvalue weighted by Gasteiger charge is -2.09. The maximum atomic E-state index is 13.1. The molecule has 0 saturated heterocycles. The van der Waals surface area contributed by atoms with Crippen molar-refractivity contribution in [2.45, 2.75) is 11.8 Å². The number of sulfonamides is 1. The number of aryl methyl sites for hydroxylation is 1. The minimum absolute atomic E-state index is 0.191. The second kappa shape index (κ2) is 5.26. The normalized spacial score (nSPS) is 11.3. The molecule has 1 aromatic carbocycles. The van der Waals surface area contributed by atoms with Gasteiger partial charge in [-0.3, -0.25) is 9.52 Å². The van der Waals surface area contributed by atoms with E-state index >= 15 is 0 Å². The Kier molecular flexibility index (Phi) is 3.82. The van der Waals surface area contributed by atoms with Gasteiger partial charge in [-0.2, -0.15) is 0 Å². The number of benzene rings is 1. The maximum absolute atomic E-state index is 13.1. The SMILES string of the molecule is Cc1cc(NS(=O)(=O)c2c[nH]c(=O)c(Cl)c2)ccc1F. The molecule has 0 amide bonds. The quantitative estimate of drug-likeness (QED) is 0.911. The lowest BCUT2D eigenvalue weighted by molar-refractivity contribution is 0.600. The molecule has 2 N–H and O–H groups in total. The Balaban J connectivity index is 2.37. The monoisotopic (exact) mass is 316 g/mol. The van der Waals surface area contributed by atoms with Crippen molar-refractivity contribution in [1.82, 2.24) is 4.98 Å². The van der Waals surface area contributed by atoms with Crippen molar-refractivity contribution in [3.63, 3.8) is 0 Å². The molecule has 2 rings (SSSR count). The summed E-state index contributed by atoms with van der Waals surface area (Å²) in [6.07, 6.45) is 1.03. The number of aromatic nitrogens is 1. The Labute approximate surface area is 119 Å². The summed E-state index contributed by atoms with van der Waals surface area (Å²) in [5, 5.41) is -0.233. The van der Waals surface area contributed by atoms with Gasteiger partial charge in [0.05, 0.1) is 0 Å². The summed E-state index contributed by atoms with van der Waals surface area (Å²) < 4.78 is 39.5. The van der Waals surface area contributed by atoms with Gasteiger partial charge in [0.15, 0.2) is 0 Å². The highest BCUT2D eigenvalue weighted by Crippen LogP contribution is 2.19. The van der Waals surface area contributed by atoms with E-state index in [1.54, 1.807) is 0 Å². The molecule has 1 aromatic heterocycles. The molecule has 20 heavy (non-hydrogen) atoms. The van der Waals surface area contributed by atoms with Crippen molar-refractivity contribution in [1.29, 1.82) is 0 Å². The first-order valence-corrected chi connectivity index (χ1v) is 7.33. The first-order valence-electron chi connectivity index (χ1n) is 5.47. The van der Waals surface area contributed by atoms with Gasteiger partial charge in [-0.05, 0) is 36.8 Å². The maximum Gasteiger partial charge on any atom is 0.266 e. The molecule has 2 aromatic rings. The number of rotatable bonds is 3. The second-order valence-electron chi connectivity index (χ2n) is 4.08. The molecule has 0 unspecified atom stereocenters. The van der Waals surface area contributed by atoms with Gasteiger partial charge >= 0.3 is 0 Å². The average molecular weight is 317 g/mol. The Bertz CT molecular complexity index is 818. The Morgan fingerprint density at radius 2 is 2.00 bits per heavy atom. The predicted octanol–water partition coefficient (Wildman–Crippen LogP) is 2.28. The van der Waals surface area contributed by atoms with Crippen LogP contribution in [0.4, 0.5) is 10.1 Å². The largest absolute Gasteiger partial charge is 0.326 e. The van der Waals surface area contributed by atoms with E-state index in [4.69, 9.17) is 11.6 Å². The van der Waals surface area contributed by atoms with Crippen LogP contribution in [0.1, 0.15) is 5.56 Å². The zero-order valence-corrected chi connectivity index (χ0v) is 11.8. The van der Waals surface area contributed by atoms with Gasteiger partial charge in [0.25, 0.3) is 15.6 Å². The molecule has 0 aliphatic carbocycles. The molecule has 5 nitrogen and oxygen atoms in total. The summed E-state index contributed by atoms with van der Waals surface area (Å²) in [4.78, 5) is 13.1. The van der Waals surface area contributed by atoms with E-state index in [0.717, 1.165) is 18.3 Å². The van der Waals surface area contributed by atoms with Crippen LogP contribution in [-0.4, -0.2) is 13.4 Å². The van der Waals surface area contributed by atoms with Crippen LogP contribution in [0.3, 0.4) is 0 Å². The van der Waals surface area contributed by atoms with Crippen LogP contribution < -0.4 is 10.3 Å². The van der Waals surface area contributed by atoms with Crippen molar-refractivity contribution < 1.29 is 12.8 Å². The van der Waals surface area contributed by atoms with Gasteiger partial charge in [-0.25, -0.2) is 12.8 Å². The van der Waals surface area contributed by atoms with E-state index in [2.05, 4.69) is 9.71 Å². The van der Waals surface area contributed by atoms with Crippen molar-refractivity contribution in [2.75, 3.05) is 4.72 Å². The minimum Gasteiger partial charge on any atom is -0.326 e. The molecule has 0 fully saturated rings. The molecule has 106 valence electrons. The summed E-state index contributed by atoms with van der Waals surface area (Å²) in [7, 11) is -3.91. The zero-order valence-electron chi connectivity index (χ0n) is 10.3. The third-order valence-corrected chi connectivity index (χ3v) is 4.19. The number of pyridine rings is 1. The Hall–Kier alpha value is -1.86. The number of halogens is 2. The van der Waals surface area contributed by atoms with Gasteiger partial charge < -0.3 is 4.98 Å². The Morgan fingerprint density at radius 1 is 1.30 bits per heavy atom. The van der Waals surface area contributed by atoms with E-state index in [-0.39, 0.29) is 15.6 Å². The molecular weight excluding hydrogens is 307 g/mol. The number of hydrogen-bond donors (Lipinski definition) is 2. The van der Waals surface area contributed by atoms with E-state index in [9.17, 15) is 17.6 Å². The predicted molar refractivity (Wildman–Crippen MR) is 74.0 cm³/mol. The van der Waals surface area contributed by atoms with E-state index in [0.29, 0.717) is 5.56 Å². The van der Waals surface area contributed by atoms with E-state index in [1.165, 1.54) is 19.1 Å². The number of nitrogens with one attached hydrogen (secondary N) is 2. The van der Waals surface area contributed by atoms with E-state index in [1.807, 2.05) is 0 Å². The molecular formula is C12H10ClFN2O3S. The van der Waals surface area contributed by atoms with Crippen molar-refractivity contribution >= 4 is 27.3 Å². The summed E-state index contributed by atoms with van der Waals surface area (Å²) >= 11 is 5.58. The highest BCUT2D eigenvalue weighted by molar-refractivity contribution is 7.92. The number of H-pyrrole nitrogens is 1. The smallest absolute Gasteiger partial charge is 0.266 e. The van der Waals surface area contributed by atoms with Crippen molar-refractivity contribution in [3.05, 3.63) is 57.2 Å². The third kappa shape index (κ3) is 3.00. The second-order valence-corrected chi connectivity index (χ2v) is 6.17. The molecule has 0 atom stereocenters. The molecule has 0 spiro atoms. The van der Waals surface area contributed by atoms with Crippen molar-refractivity contribution in [3.8, 4) is 0 Å². The fourth-order valence-corrected chi connectivity index (χ4v) is 2.79. The van der Waals surface area contributed by atoms with Gasteiger partial charge in [-0.15, -0.1) is 0 Å². The molecule has 0 bridgehead atoms. The fourth-order valence-electron chi connectivity index (χ4n) is 1.52. The van der Waals surface area contributed by atoms with Gasteiger partial charge in [0.1, 0.15) is 15.7 Å². The summed E-state index contributed by atoms with van der Waals surface area (Å²) in [5.41, 5.74) is -0.0563. The number of anilines is 1. The number of aromatic amines is 1. The average Bonchev–Trinajstić information content (AvgIpc) is 2.37. The first-order chi connectivity index (χ1) is 9.29. The highest BCUT2D eigenvalue weighted by Gasteiger charge is 2.16. The summed E-state index contributed by atoms with van der Waals surface area (Å²) in [6, 6.07) is 4.86. The molecule has 1 heterocycles. The lowest BCUT2D eigenvalue weighted by atomic mass is 10.2. The van der Waals surface area contributed by atoms with Crippen LogP contribution in [0.2, 0.25) is 5.02 Å². The van der Waals surface area contributed by atoms with E-state index < -0.39 is 21.4 Å². The third-order valence-electron chi connectivity index (χ3n) is 2.55. The highest BCUT2D eigenvalue weighted by atomic mass is 35.5. The van der Waals surface area contributed by atoms with Crippen molar-refractivity contribution in [2.24, 2.45) is 0 Å². The topological polar surface area (TPSA) is 79.0 Å². The zero-order chi connectivity index (χ0) is 14.9.